The van der Waals surface area contributed by atoms with Crippen molar-refractivity contribution in [3.05, 3.63) is 54.1 Å². The largest absolute Gasteiger partial charge is 0.490 e. The Kier molecular flexibility index (Phi) is 8.23. The third-order valence-corrected chi connectivity index (χ3v) is 5.04. The summed E-state index contributed by atoms with van der Waals surface area (Å²) in [6.45, 7) is 2.65. The lowest BCUT2D eigenvalue weighted by atomic mass is 10.1. The summed E-state index contributed by atoms with van der Waals surface area (Å²) in [5.41, 5.74) is 3.03. The molecule has 194 valence electrons. The predicted octanol–water partition coefficient (Wildman–Crippen LogP) is 3.79. The van der Waals surface area contributed by atoms with E-state index in [0.717, 1.165) is 17.3 Å². The van der Waals surface area contributed by atoms with E-state index < -0.39 is 12.1 Å². The number of carbonyl (C=O) groups is 3. The van der Waals surface area contributed by atoms with Crippen molar-refractivity contribution in [2.45, 2.75) is 13.1 Å². The summed E-state index contributed by atoms with van der Waals surface area (Å²) in [4.78, 5) is 44.6. The molecule has 0 unspecified atom stereocenters. The monoisotopic (exact) mass is 516 g/mol. The molecule has 0 fully saturated rings. The summed E-state index contributed by atoms with van der Waals surface area (Å²) in [6.07, 6.45) is -5.08. The first-order chi connectivity index (χ1) is 17.4. The van der Waals surface area contributed by atoms with Gasteiger partial charge in [-0.2, -0.15) is 13.2 Å². The van der Waals surface area contributed by atoms with Crippen molar-refractivity contribution in [1.29, 1.82) is 0 Å². The predicted molar refractivity (Wildman–Crippen MR) is 130 cm³/mol. The van der Waals surface area contributed by atoms with Crippen LogP contribution < -0.4 is 10.1 Å². The number of ether oxygens (including phenoxy) is 1. The van der Waals surface area contributed by atoms with Crippen molar-refractivity contribution < 1.29 is 37.4 Å². The molecule has 1 heterocycles. The Morgan fingerprint density at radius 2 is 1.59 bits per heavy atom. The van der Waals surface area contributed by atoms with Crippen LogP contribution in [0.3, 0.4) is 0 Å². The van der Waals surface area contributed by atoms with E-state index in [9.17, 15) is 22.8 Å². The lowest BCUT2D eigenvalue weighted by Gasteiger charge is -2.12. The first-order valence-corrected chi connectivity index (χ1v) is 10.9. The number of para-hydroxylation sites is 1. The van der Waals surface area contributed by atoms with Crippen LogP contribution in [0.2, 0.25) is 0 Å². The summed E-state index contributed by atoms with van der Waals surface area (Å²) >= 11 is 0. The van der Waals surface area contributed by atoms with E-state index in [1.54, 1.807) is 12.1 Å². The Bertz CT molecular complexity index is 1490. The van der Waals surface area contributed by atoms with E-state index in [4.69, 9.17) is 24.6 Å². The smallest absolute Gasteiger partial charge is 0.475 e. The van der Waals surface area contributed by atoms with Crippen LogP contribution in [0.4, 0.5) is 13.2 Å². The normalized spacial score (nSPS) is 11.3. The van der Waals surface area contributed by atoms with Gasteiger partial charge in [0.15, 0.2) is 0 Å². The molecule has 1 aromatic heterocycles. The summed E-state index contributed by atoms with van der Waals surface area (Å²) in [5.74, 6) is -2.85. The van der Waals surface area contributed by atoms with Crippen LogP contribution in [0.25, 0.3) is 32.8 Å². The molecule has 0 bridgehead atoms. The van der Waals surface area contributed by atoms with Crippen molar-refractivity contribution >= 4 is 50.7 Å². The number of aliphatic carboxylic acids is 1. The number of likely N-dealkylation sites (N-methyl/N-ethyl adjacent to an activating group) is 1. The number of halogens is 3. The number of hydrogen-bond donors (Lipinski definition) is 2. The molecule has 4 aromatic rings. The van der Waals surface area contributed by atoms with Gasteiger partial charge in [-0.1, -0.05) is 18.2 Å². The minimum atomic E-state index is -5.08. The Morgan fingerprint density at radius 1 is 0.946 bits per heavy atom. The number of aromatic nitrogens is 2. The molecule has 9 nitrogen and oxygen atoms in total. The second-order valence-electron chi connectivity index (χ2n) is 8.14. The molecule has 0 aliphatic heterocycles. The molecule has 2 N–H and O–H groups in total. The SMILES string of the molecule is CC(=O)Oc1cccc2c1ccc1nc3cccc(C(=O)NCCN(C)C)c3nc12.O=C(O)C(F)(F)F. The van der Waals surface area contributed by atoms with Gasteiger partial charge in [0, 0.05) is 30.8 Å². The Balaban J connectivity index is 0.000000479. The molecule has 0 radical (unpaired) electrons. The third kappa shape index (κ3) is 6.67. The Labute approximate surface area is 208 Å². The highest BCUT2D eigenvalue weighted by Gasteiger charge is 2.38. The maximum absolute atomic E-state index is 12.8. The number of hydrogen-bond acceptors (Lipinski definition) is 7. The van der Waals surface area contributed by atoms with Crippen LogP contribution in [0.15, 0.2) is 48.5 Å². The minimum Gasteiger partial charge on any atom is -0.475 e. The van der Waals surface area contributed by atoms with Crippen LogP contribution in [-0.2, 0) is 9.59 Å². The number of carboxylic acids is 1. The number of benzene rings is 3. The number of esters is 1. The van der Waals surface area contributed by atoms with Crippen LogP contribution in [0.1, 0.15) is 17.3 Å². The molecular formula is C25H23F3N4O5. The third-order valence-electron chi connectivity index (χ3n) is 5.04. The lowest BCUT2D eigenvalue weighted by molar-refractivity contribution is -0.192. The van der Waals surface area contributed by atoms with E-state index in [0.29, 0.717) is 39.9 Å². The van der Waals surface area contributed by atoms with Gasteiger partial charge in [0.1, 0.15) is 11.3 Å². The zero-order chi connectivity index (χ0) is 27.3. The average molecular weight is 516 g/mol. The van der Waals surface area contributed by atoms with Gasteiger partial charge in [-0.05, 0) is 44.4 Å². The number of fused-ring (bicyclic) bond motifs is 4. The van der Waals surface area contributed by atoms with E-state index >= 15 is 0 Å². The van der Waals surface area contributed by atoms with Gasteiger partial charge in [-0.3, -0.25) is 9.59 Å². The van der Waals surface area contributed by atoms with Gasteiger partial charge in [0.05, 0.1) is 22.1 Å². The molecule has 0 saturated carbocycles. The maximum Gasteiger partial charge on any atom is 0.490 e. The highest BCUT2D eigenvalue weighted by Crippen LogP contribution is 2.31. The van der Waals surface area contributed by atoms with Crippen LogP contribution in [0, 0.1) is 0 Å². The quantitative estimate of drug-likeness (QED) is 0.178. The first-order valence-electron chi connectivity index (χ1n) is 10.9. The molecule has 0 atom stereocenters. The van der Waals surface area contributed by atoms with Gasteiger partial charge in [-0.25, -0.2) is 14.8 Å². The number of alkyl halides is 3. The van der Waals surface area contributed by atoms with Gasteiger partial charge < -0.3 is 20.1 Å². The molecule has 0 saturated heterocycles. The first kappa shape index (κ1) is 27.3. The fourth-order valence-electron chi connectivity index (χ4n) is 3.41. The van der Waals surface area contributed by atoms with Crippen molar-refractivity contribution in [2.24, 2.45) is 0 Å². The molecule has 0 aliphatic rings. The number of carbonyl (C=O) groups excluding carboxylic acids is 2. The zero-order valence-corrected chi connectivity index (χ0v) is 20.1. The highest BCUT2D eigenvalue weighted by molar-refractivity contribution is 6.11. The number of nitrogens with one attached hydrogen (secondary N) is 1. The van der Waals surface area contributed by atoms with Crippen molar-refractivity contribution in [1.82, 2.24) is 20.2 Å². The average Bonchev–Trinajstić information content (AvgIpc) is 2.81. The van der Waals surface area contributed by atoms with E-state index in [2.05, 4.69) is 5.32 Å². The fraction of sp³-hybridized carbons (Fsp3) is 0.240. The lowest BCUT2D eigenvalue weighted by Crippen LogP contribution is -2.31. The fourth-order valence-corrected chi connectivity index (χ4v) is 3.41. The van der Waals surface area contributed by atoms with E-state index in [-0.39, 0.29) is 11.9 Å². The van der Waals surface area contributed by atoms with Crippen molar-refractivity contribution in [3.8, 4) is 5.75 Å². The Hall–Kier alpha value is -4.32. The zero-order valence-electron chi connectivity index (χ0n) is 20.1. The summed E-state index contributed by atoms with van der Waals surface area (Å²) in [5, 5.41) is 11.6. The van der Waals surface area contributed by atoms with E-state index in [1.807, 2.05) is 55.4 Å². The molecule has 3 aromatic carbocycles. The molecule has 4 rings (SSSR count). The number of rotatable bonds is 5. The van der Waals surface area contributed by atoms with Gasteiger partial charge >= 0.3 is 18.1 Å². The number of carboxylic acid groups (broad SMARTS) is 1. The maximum atomic E-state index is 12.8. The topological polar surface area (TPSA) is 122 Å². The summed E-state index contributed by atoms with van der Waals surface area (Å²) < 4.78 is 37.1. The molecule has 1 amide bonds. The standard InChI is InChI=1S/C23H22N4O3.C2HF3O2/c1-14(28)30-20-9-5-6-16-15(20)10-11-19-21(16)26-22-17(7-4-8-18(22)25-19)23(29)24-12-13-27(2)3;3-2(4,5)1(6)7/h4-11H,12-13H2,1-3H3,(H,24,29);(H,6,7). The molecule has 0 aliphatic carbocycles. The van der Waals surface area contributed by atoms with Crippen molar-refractivity contribution in [2.75, 3.05) is 27.2 Å². The van der Waals surface area contributed by atoms with Gasteiger partial charge in [0.25, 0.3) is 5.91 Å². The summed E-state index contributed by atoms with van der Waals surface area (Å²) in [6, 6.07) is 14.6. The van der Waals surface area contributed by atoms with Crippen LogP contribution in [0.5, 0.6) is 5.75 Å². The molecule has 0 spiro atoms. The van der Waals surface area contributed by atoms with Crippen molar-refractivity contribution in [3.63, 3.8) is 0 Å². The second-order valence-corrected chi connectivity index (χ2v) is 8.14. The molecular weight excluding hydrogens is 493 g/mol. The second kappa shape index (κ2) is 11.2. The minimum absolute atomic E-state index is 0.183. The van der Waals surface area contributed by atoms with Gasteiger partial charge in [-0.15, -0.1) is 0 Å². The summed E-state index contributed by atoms with van der Waals surface area (Å²) in [7, 11) is 3.91. The molecule has 12 heteroatoms. The Morgan fingerprint density at radius 3 is 2.22 bits per heavy atom. The number of amides is 1. The molecule has 37 heavy (non-hydrogen) atoms. The van der Waals surface area contributed by atoms with Crippen LogP contribution in [-0.4, -0.2) is 71.2 Å². The highest BCUT2D eigenvalue weighted by atomic mass is 19.4. The van der Waals surface area contributed by atoms with Crippen LogP contribution >= 0.6 is 0 Å². The number of nitrogens with zero attached hydrogens (tertiary/aromatic N) is 3. The van der Waals surface area contributed by atoms with Gasteiger partial charge in [0.2, 0.25) is 0 Å². The van der Waals surface area contributed by atoms with E-state index in [1.165, 1.54) is 6.92 Å².